The van der Waals surface area contributed by atoms with Crippen LogP contribution in [0.5, 0.6) is 0 Å². The largest absolute Gasteiger partial charge is 0.381 e. The smallest absolute Gasteiger partial charge is 0.226 e. The van der Waals surface area contributed by atoms with Gasteiger partial charge < -0.3 is 14.6 Å². The molecule has 2 aliphatic rings. The van der Waals surface area contributed by atoms with Gasteiger partial charge >= 0.3 is 0 Å². The number of fused-ring (bicyclic) bond motifs is 1. The van der Waals surface area contributed by atoms with Crippen LogP contribution in [0.3, 0.4) is 0 Å². The zero-order chi connectivity index (χ0) is 17.1. The van der Waals surface area contributed by atoms with Gasteiger partial charge in [-0.25, -0.2) is 4.98 Å². The van der Waals surface area contributed by atoms with Crippen molar-refractivity contribution in [1.29, 1.82) is 0 Å². The second kappa shape index (κ2) is 7.66. The molecule has 0 saturated carbocycles. The van der Waals surface area contributed by atoms with E-state index in [1.165, 1.54) is 0 Å². The highest BCUT2D eigenvalue weighted by molar-refractivity contribution is 5.78. The summed E-state index contributed by atoms with van der Waals surface area (Å²) < 4.78 is 7.69. The molecule has 1 atom stereocenters. The molecule has 24 heavy (non-hydrogen) atoms. The van der Waals surface area contributed by atoms with E-state index < -0.39 is 0 Å². The normalized spacial score (nSPS) is 22.6. The van der Waals surface area contributed by atoms with Gasteiger partial charge in [-0.2, -0.15) is 0 Å². The average molecular weight is 334 g/mol. The first-order valence-corrected chi connectivity index (χ1v) is 9.20. The van der Waals surface area contributed by atoms with Crippen LogP contribution in [-0.2, 0) is 22.5 Å². The topological polar surface area (TPSA) is 59.4 Å². The second-order valence-electron chi connectivity index (χ2n) is 7.41. The number of imidazole rings is 1. The SMILES string of the molecule is CC(C)NC(=O)Cc1cn2c(n1)C(C)N(CC1CCOCC1)CC2. The van der Waals surface area contributed by atoms with Crippen LogP contribution in [0.4, 0.5) is 0 Å². The van der Waals surface area contributed by atoms with E-state index in [9.17, 15) is 4.79 Å². The molecule has 0 aliphatic carbocycles. The lowest BCUT2D eigenvalue weighted by Crippen LogP contribution is -2.40. The number of hydrogen-bond acceptors (Lipinski definition) is 4. The highest BCUT2D eigenvalue weighted by atomic mass is 16.5. The third-order valence-electron chi connectivity index (χ3n) is 5.03. The Morgan fingerprint density at radius 1 is 1.38 bits per heavy atom. The van der Waals surface area contributed by atoms with Crippen molar-refractivity contribution in [1.82, 2.24) is 19.8 Å². The Balaban J connectivity index is 1.62. The number of nitrogens with one attached hydrogen (secondary N) is 1. The van der Waals surface area contributed by atoms with Crippen LogP contribution in [0.1, 0.15) is 51.2 Å². The van der Waals surface area contributed by atoms with Crippen molar-refractivity contribution in [2.24, 2.45) is 5.92 Å². The van der Waals surface area contributed by atoms with Crippen molar-refractivity contribution in [2.75, 3.05) is 26.3 Å². The van der Waals surface area contributed by atoms with Gasteiger partial charge in [-0.05, 0) is 39.5 Å². The molecular formula is C18H30N4O2. The number of aromatic nitrogens is 2. The molecule has 1 fully saturated rings. The summed E-state index contributed by atoms with van der Waals surface area (Å²) in [7, 11) is 0. The number of hydrogen-bond donors (Lipinski definition) is 1. The fourth-order valence-electron chi connectivity index (χ4n) is 3.72. The molecule has 1 N–H and O–H groups in total. The molecule has 0 aromatic carbocycles. The number of nitrogens with zero attached hydrogens (tertiary/aromatic N) is 3. The van der Waals surface area contributed by atoms with Crippen molar-refractivity contribution in [3.63, 3.8) is 0 Å². The molecular weight excluding hydrogens is 304 g/mol. The lowest BCUT2D eigenvalue weighted by atomic mass is 9.98. The molecule has 1 unspecified atom stereocenters. The molecule has 6 nitrogen and oxygen atoms in total. The predicted octanol–water partition coefficient (Wildman–Crippen LogP) is 1.75. The molecule has 2 aliphatic heterocycles. The maximum absolute atomic E-state index is 12.0. The number of ether oxygens (including phenoxy) is 1. The minimum Gasteiger partial charge on any atom is -0.381 e. The lowest BCUT2D eigenvalue weighted by Gasteiger charge is -2.37. The highest BCUT2D eigenvalue weighted by Crippen LogP contribution is 2.27. The van der Waals surface area contributed by atoms with Crippen LogP contribution in [0.2, 0.25) is 0 Å². The number of carbonyl (C=O) groups is 1. The van der Waals surface area contributed by atoms with Crippen LogP contribution >= 0.6 is 0 Å². The van der Waals surface area contributed by atoms with Gasteiger partial charge in [0.05, 0.1) is 18.2 Å². The summed E-state index contributed by atoms with van der Waals surface area (Å²) in [5.74, 6) is 1.88. The summed E-state index contributed by atoms with van der Waals surface area (Å²) in [5.41, 5.74) is 0.878. The molecule has 0 spiro atoms. The van der Waals surface area contributed by atoms with E-state index in [0.29, 0.717) is 12.5 Å². The highest BCUT2D eigenvalue weighted by Gasteiger charge is 2.28. The first kappa shape index (κ1) is 17.4. The van der Waals surface area contributed by atoms with Crippen molar-refractivity contribution in [3.8, 4) is 0 Å². The molecule has 0 bridgehead atoms. The van der Waals surface area contributed by atoms with Crippen LogP contribution in [0.25, 0.3) is 0 Å². The summed E-state index contributed by atoms with van der Waals surface area (Å²) >= 11 is 0. The van der Waals surface area contributed by atoms with Gasteiger partial charge in [-0.3, -0.25) is 9.69 Å². The number of amides is 1. The third kappa shape index (κ3) is 4.16. The summed E-state index contributed by atoms with van der Waals surface area (Å²) in [6.45, 7) is 11.1. The summed E-state index contributed by atoms with van der Waals surface area (Å²) in [6.07, 6.45) is 4.75. The van der Waals surface area contributed by atoms with Gasteiger partial charge in [0, 0.05) is 45.1 Å². The van der Waals surface area contributed by atoms with Crippen molar-refractivity contribution < 1.29 is 9.53 Å². The van der Waals surface area contributed by atoms with Gasteiger partial charge in [0.1, 0.15) is 5.82 Å². The van der Waals surface area contributed by atoms with Crippen LogP contribution in [-0.4, -0.2) is 52.7 Å². The quantitative estimate of drug-likeness (QED) is 0.891. The average Bonchev–Trinajstić information content (AvgIpc) is 2.93. The number of rotatable bonds is 5. The maximum Gasteiger partial charge on any atom is 0.226 e. The third-order valence-corrected chi connectivity index (χ3v) is 5.03. The Hall–Kier alpha value is -1.40. The molecule has 1 amide bonds. The predicted molar refractivity (Wildman–Crippen MR) is 92.7 cm³/mol. The molecule has 1 aromatic heterocycles. The van der Waals surface area contributed by atoms with Crippen LogP contribution < -0.4 is 5.32 Å². The minimum atomic E-state index is 0.0483. The van der Waals surface area contributed by atoms with Gasteiger partial charge in [0.2, 0.25) is 5.91 Å². The minimum absolute atomic E-state index is 0.0483. The van der Waals surface area contributed by atoms with Gasteiger partial charge in [-0.1, -0.05) is 0 Å². The molecule has 1 aromatic rings. The van der Waals surface area contributed by atoms with Crippen molar-refractivity contribution in [2.45, 2.75) is 58.7 Å². The van der Waals surface area contributed by atoms with Crippen LogP contribution in [0.15, 0.2) is 6.20 Å². The van der Waals surface area contributed by atoms with Gasteiger partial charge in [0.25, 0.3) is 0 Å². The standard InChI is InChI=1S/C18H30N4O2/c1-13(2)19-17(23)10-16-12-22-7-6-21(14(3)18(22)20-16)11-15-4-8-24-9-5-15/h12-15H,4-11H2,1-3H3,(H,19,23). The van der Waals surface area contributed by atoms with E-state index >= 15 is 0 Å². The van der Waals surface area contributed by atoms with E-state index in [1.807, 2.05) is 13.8 Å². The zero-order valence-electron chi connectivity index (χ0n) is 15.1. The number of carbonyl (C=O) groups excluding carboxylic acids is 1. The summed E-state index contributed by atoms with van der Waals surface area (Å²) in [6, 6.07) is 0.479. The van der Waals surface area contributed by atoms with Crippen molar-refractivity contribution in [3.05, 3.63) is 17.7 Å². The van der Waals surface area contributed by atoms with E-state index in [1.54, 1.807) is 0 Å². The Morgan fingerprint density at radius 3 is 2.83 bits per heavy atom. The lowest BCUT2D eigenvalue weighted by molar-refractivity contribution is -0.120. The Labute approximate surface area is 144 Å². The fourth-order valence-corrected chi connectivity index (χ4v) is 3.72. The summed E-state index contributed by atoms with van der Waals surface area (Å²) in [5, 5.41) is 2.94. The second-order valence-corrected chi connectivity index (χ2v) is 7.41. The Kier molecular flexibility index (Phi) is 5.56. The van der Waals surface area contributed by atoms with E-state index in [4.69, 9.17) is 9.72 Å². The van der Waals surface area contributed by atoms with Crippen molar-refractivity contribution >= 4 is 5.91 Å². The van der Waals surface area contributed by atoms with Gasteiger partial charge in [0.15, 0.2) is 0 Å². The summed E-state index contributed by atoms with van der Waals surface area (Å²) in [4.78, 5) is 19.3. The molecule has 6 heteroatoms. The molecule has 3 heterocycles. The monoisotopic (exact) mass is 334 g/mol. The molecule has 0 radical (unpaired) electrons. The zero-order valence-corrected chi connectivity index (χ0v) is 15.1. The first-order chi connectivity index (χ1) is 11.5. The maximum atomic E-state index is 12.0. The Bertz CT molecular complexity index is 563. The van der Waals surface area contributed by atoms with E-state index in [-0.39, 0.29) is 11.9 Å². The van der Waals surface area contributed by atoms with Gasteiger partial charge in [-0.15, -0.1) is 0 Å². The van der Waals surface area contributed by atoms with E-state index in [0.717, 1.165) is 63.1 Å². The Morgan fingerprint density at radius 2 is 2.12 bits per heavy atom. The van der Waals surface area contributed by atoms with Crippen LogP contribution in [0, 0.1) is 5.92 Å². The molecule has 3 rings (SSSR count). The van der Waals surface area contributed by atoms with E-state index in [2.05, 4.69) is 27.9 Å². The molecule has 1 saturated heterocycles. The molecule has 134 valence electrons. The first-order valence-electron chi connectivity index (χ1n) is 9.20. The fraction of sp³-hybridized carbons (Fsp3) is 0.778.